The van der Waals surface area contributed by atoms with Crippen LogP contribution in [0, 0.1) is 0 Å². The Morgan fingerprint density at radius 1 is 1.36 bits per heavy atom. The molecule has 2 aliphatic heterocycles. The van der Waals surface area contributed by atoms with Gasteiger partial charge in [0.1, 0.15) is 11.7 Å². The van der Waals surface area contributed by atoms with Gasteiger partial charge in [0.05, 0.1) is 6.61 Å². The molecule has 0 aromatic rings. The minimum atomic E-state index is -1.80. The predicted molar refractivity (Wildman–Crippen MR) is 41.5 cm³/mol. The van der Waals surface area contributed by atoms with Crippen molar-refractivity contribution in [2.24, 2.45) is 0 Å². The third-order valence-corrected chi connectivity index (χ3v) is 2.43. The average Bonchev–Trinajstić information content (AvgIpc) is 2.88. The summed E-state index contributed by atoms with van der Waals surface area (Å²) >= 11 is 0. The summed E-state index contributed by atoms with van der Waals surface area (Å²) in [5.74, 6) is 0. The van der Waals surface area contributed by atoms with E-state index in [1.807, 2.05) is 0 Å². The molecular weight excluding hydrogens is 194 g/mol. The molecule has 82 valence electrons. The standard InChI is InChI=1S/C7H13NO6/c9-5-3-12-2-1-6(5,10)4-8-7(11)13-14-7/h5,8-11H,1-4H2. The highest BCUT2D eigenvalue weighted by Gasteiger charge is 2.50. The van der Waals surface area contributed by atoms with E-state index in [9.17, 15) is 10.2 Å². The fraction of sp³-hybridized carbons (Fsp3) is 1.00. The van der Waals surface area contributed by atoms with Crippen molar-refractivity contribution < 1.29 is 29.8 Å². The number of nitrogens with one attached hydrogen (secondary N) is 1. The Morgan fingerprint density at radius 3 is 2.64 bits per heavy atom. The summed E-state index contributed by atoms with van der Waals surface area (Å²) in [5.41, 5.74) is -1.32. The van der Waals surface area contributed by atoms with Crippen molar-refractivity contribution in [3.05, 3.63) is 0 Å². The summed E-state index contributed by atoms with van der Waals surface area (Å²) in [6.07, 6.45) is -2.49. The number of aliphatic hydroxyl groups excluding tert-OH is 1. The molecule has 0 aromatic heterocycles. The van der Waals surface area contributed by atoms with Gasteiger partial charge < -0.3 is 20.1 Å². The Bertz CT molecular complexity index is 220. The van der Waals surface area contributed by atoms with Crippen molar-refractivity contribution in [3.63, 3.8) is 0 Å². The van der Waals surface area contributed by atoms with Crippen LogP contribution in [-0.2, 0) is 14.5 Å². The number of rotatable bonds is 3. The molecule has 0 aromatic carbocycles. The SMILES string of the molecule is OC1COCCC1(O)CNC1(O)OO1. The normalized spacial score (nSPS) is 40.9. The first kappa shape index (κ1) is 10.2. The number of aliphatic hydroxyl groups is 3. The quantitative estimate of drug-likeness (QED) is 0.233. The molecule has 0 bridgehead atoms. The molecule has 2 unspecified atom stereocenters. The Morgan fingerprint density at radius 2 is 2.07 bits per heavy atom. The lowest BCUT2D eigenvalue weighted by molar-refractivity contribution is -0.158. The van der Waals surface area contributed by atoms with E-state index in [0.29, 0.717) is 6.61 Å². The van der Waals surface area contributed by atoms with Gasteiger partial charge in [-0.05, 0) is 0 Å². The summed E-state index contributed by atoms with van der Waals surface area (Å²) in [6, 6.07) is 0. The zero-order chi connectivity index (χ0) is 10.2. The van der Waals surface area contributed by atoms with Crippen LogP contribution in [0.2, 0.25) is 0 Å². The van der Waals surface area contributed by atoms with E-state index < -0.39 is 17.8 Å². The van der Waals surface area contributed by atoms with Gasteiger partial charge in [-0.25, -0.2) is 5.32 Å². The van der Waals surface area contributed by atoms with E-state index in [1.165, 1.54) is 0 Å². The maximum atomic E-state index is 9.92. The lowest BCUT2D eigenvalue weighted by atomic mass is 9.91. The van der Waals surface area contributed by atoms with Crippen LogP contribution in [0.3, 0.4) is 0 Å². The van der Waals surface area contributed by atoms with Crippen molar-refractivity contribution in [2.45, 2.75) is 24.2 Å². The molecule has 7 nitrogen and oxygen atoms in total. The third kappa shape index (κ3) is 2.04. The maximum absolute atomic E-state index is 9.92. The van der Waals surface area contributed by atoms with Crippen LogP contribution in [0.25, 0.3) is 0 Å². The fourth-order valence-corrected chi connectivity index (χ4v) is 1.33. The van der Waals surface area contributed by atoms with Crippen LogP contribution in [0.5, 0.6) is 0 Å². The molecular formula is C7H13NO6. The summed E-state index contributed by atoms with van der Waals surface area (Å²) in [5, 5.41) is 30.9. The van der Waals surface area contributed by atoms with Gasteiger partial charge in [0.2, 0.25) is 0 Å². The van der Waals surface area contributed by atoms with Crippen molar-refractivity contribution in [1.29, 1.82) is 0 Å². The van der Waals surface area contributed by atoms with Crippen LogP contribution in [0.1, 0.15) is 6.42 Å². The molecule has 0 saturated carbocycles. The van der Waals surface area contributed by atoms with E-state index in [2.05, 4.69) is 15.1 Å². The Labute approximate surface area is 80.1 Å². The van der Waals surface area contributed by atoms with E-state index in [1.54, 1.807) is 0 Å². The summed E-state index contributed by atoms with van der Waals surface area (Å²) in [6.45, 7) is 0.418. The Balaban J connectivity index is 1.86. The molecule has 0 radical (unpaired) electrons. The third-order valence-electron chi connectivity index (χ3n) is 2.43. The fourth-order valence-electron chi connectivity index (χ4n) is 1.33. The molecule has 2 fully saturated rings. The molecule has 7 heteroatoms. The first-order valence-corrected chi connectivity index (χ1v) is 4.37. The average molecular weight is 207 g/mol. The van der Waals surface area contributed by atoms with Gasteiger partial charge in [0.15, 0.2) is 0 Å². The molecule has 0 spiro atoms. The van der Waals surface area contributed by atoms with Crippen molar-refractivity contribution in [3.8, 4) is 0 Å². The second-order valence-electron chi connectivity index (χ2n) is 3.55. The van der Waals surface area contributed by atoms with E-state index in [0.717, 1.165) is 0 Å². The second-order valence-corrected chi connectivity index (χ2v) is 3.55. The number of hydrogen-bond acceptors (Lipinski definition) is 7. The topological polar surface area (TPSA) is 107 Å². The highest BCUT2D eigenvalue weighted by atomic mass is 17.5. The smallest absolute Gasteiger partial charge is 0.388 e. The molecule has 2 rings (SSSR count). The van der Waals surface area contributed by atoms with Gasteiger partial charge in [-0.2, -0.15) is 0 Å². The zero-order valence-corrected chi connectivity index (χ0v) is 7.47. The van der Waals surface area contributed by atoms with Crippen LogP contribution < -0.4 is 5.32 Å². The van der Waals surface area contributed by atoms with Gasteiger partial charge in [-0.3, -0.25) is 0 Å². The van der Waals surface area contributed by atoms with Gasteiger partial charge in [0.25, 0.3) is 0 Å². The minimum Gasteiger partial charge on any atom is -0.388 e. The first-order chi connectivity index (χ1) is 6.54. The number of hydrogen-bond donors (Lipinski definition) is 4. The van der Waals surface area contributed by atoms with Crippen molar-refractivity contribution in [1.82, 2.24) is 5.32 Å². The molecule has 2 aliphatic rings. The van der Waals surface area contributed by atoms with Crippen LogP contribution >= 0.6 is 0 Å². The van der Waals surface area contributed by atoms with Gasteiger partial charge in [0, 0.05) is 19.6 Å². The Hall–Kier alpha value is -0.280. The van der Waals surface area contributed by atoms with Crippen LogP contribution in [0.15, 0.2) is 0 Å². The zero-order valence-electron chi connectivity index (χ0n) is 7.47. The minimum absolute atomic E-state index is 0.0337. The summed E-state index contributed by atoms with van der Waals surface area (Å²) in [4.78, 5) is 8.38. The lowest BCUT2D eigenvalue weighted by Crippen LogP contribution is -2.57. The Kier molecular flexibility index (Phi) is 2.48. The monoisotopic (exact) mass is 207 g/mol. The summed E-state index contributed by atoms with van der Waals surface area (Å²) < 4.78 is 4.96. The maximum Gasteiger partial charge on any atom is 0.402 e. The molecule has 2 atom stereocenters. The highest BCUT2D eigenvalue weighted by molar-refractivity contribution is 4.91. The largest absolute Gasteiger partial charge is 0.402 e. The van der Waals surface area contributed by atoms with Gasteiger partial charge in [-0.1, -0.05) is 0 Å². The van der Waals surface area contributed by atoms with E-state index in [4.69, 9.17) is 9.84 Å². The molecule has 14 heavy (non-hydrogen) atoms. The second kappa shape index (κ2) is 3.38. The molecule has 0 amide bonds. The lowest BCUT2D eigenvalue weighted by Gasteiger charge is -2.36. The van der Waals surface area contributed by atoms with E-state index >= 15 is 0 Å². The first-order valence-electron chi connectivity index (χ1n) is 4.37. The summed E-state index contributed by atoms with van der Waals surface area (Å²) in [7, 11) is 0. The molecule has 0 aliphatic carbocycles. The molecule has 2 saturated heterocycles. The predicted octanol–water partition coefficient (Wildman–Crippen LogP) is -2.35. The van der Waals surface area contributed by atoms with Crippen molar-refractivity contribution in [2.75, 3.05) is 19.8 Å². The number of ether oxygens (including phenoxy) is 1. The van der Waals surface area contributed by atoms with Gasteiger partial charge in [-0.15, -0.1) is 9.78 Å². The van der Waals surface area contributed by atoms with Crippen LogP contribution in [-0.4, -0.2) is 52.9 Å². The van der Waals surface area contributed by atoms with E-state index in [-0.39, 0.29) is 19.6 Å². The van der Waals surface area contributed by atoms with Crippen LogP contribution in [0.4, 0.5) is 0 Å². The van der Waals surface area contributed by atoms with Gasteiger partial charge >= 0.3 is 6.10 Å². The molecule has 2 heterocycles. The van der Waals surface area contributed by atoms with Crippen molar-refractivity contribution >= 4 is 0 Å². The molecule has 4 N–H and O–H groups in total. The highest BCUT2D eigenvalue weighted by Crippen LogP contribution is 2.25.